The second kappa shape index (κ2) is 7.88. The molecule has 0 unspecified atom stereocenters. The fraction of sp³-hybridized carbons (Fsp3) is 0.389. The minimum absolute atomic E-state index is 0.0000435. The van der Waals surface area contributed by atoms with Crippen LogP contribution in [0.5, 0.6) is 5.88 Å². The fourth-order valence-corrected chi connectivity index (χ4v) is 3.11. The zero-order valence-corrected chi connectivity index (χ0v) is 15.1. The molecular weight excluding hydrogens is 358 g/mol. The van der Waals surface area contributed by atoms with Crippen molar-refractivity contribution in [3.8, 4) is 11.6 Å². The van der Waals surface area contributed by atoms with Crippen LogP contribution in [0.25, 0.3) is 5.69 Å². The van der Waals surface area contributed by atoms with E-state index in [0.717, 1.165) is 24.0 Å². The highest BCUT2D eigenvalue weighted by Crippen LogP contribution is 2.20. The Morgan fingerprint density at radius 2 is 2.12 bits per heavy atom. The van der Waals surface area contributed by atoms with Crippen LogP contribution in [0.3, 0.4) is 0 Å². The highest BCUT2D eigenvalue weighted by molar-refractivity contribution is 6.30. The third kappa shape index (κ3) is 3.73. The molecule has 1 aliphatic heterocycles. The number of aromatic nitrogens is 2. The van der Waals surface area contributed by atoms with Crippen LogP contribution in [0, 0.1) is 0 Å². The van der Waals surface area contributed by atoms with Gasteiger partial charge in [-0.1, -0.05) is 18.5 Å². The summed E-state index contributed by atoms with van der Waals surface area (Å²) in [5.41, 5.74) is -0.565. The van der Waals surface area contributed by atoms with Gasteiger partial charge in [-0.2, -0.15) is 0 Å². The standard InChI is InChI=1S/C18H20ClN3O4/c1-2-14(20-10-13-4-3-9-26-13)15-16(23)21-18(25)22(17(15)24)12-7-5-11(19)6-8-12/h5-8,13,24H,2-4,9-10H2,1H3,(H,21,23,25)/t13-/m1/s1. The lowest BCUT2D eigenvalue weighted by molar-refractivity contribution is 0.118. The molecular formula is C18H20ClN3O4. The lowest BCUT2D eigenvalue weighted by atomic mass is 10.1. The molecule has 0 aliphatic carbocycles. The van der Waals surface area contributed by atoms with Crippen molar-refractivity contribution in [2.45, 2.75) is 32.3 Å². The summed E-state index contributed by atoms with van der Waals surface area (Å²) in [6.45, 7) is 2.97. The fourth-order valence-electron chi connectivity index (χ4n) is 2.98. The highest BCUT2D eigenvalue weighted by atomic mass is 35.5. The van der Waals surface area contributed by atoms with Crippen LogP contribution in [0.2, 0.25) is 5.02 Å². The molecule has 2 aromatic rings. The lowest BCUT2D eigenvalue weighted by Crippen LogP contribution is -2.33. The molecule has 1 aromatic heterocycles. The monoisotopic (exact) mass is 377 g/mol. The molecule has 1 aliphatic rings. The summed E-state index contributed by atoms with van der Waals surface area (Å²) in [6, 6.07) is 6.36. The van der Waals surface area contributed by atoms with E-state index in [1.165, 1.54) is 0 Å². The Morgan fingerprint density at radius 1 is 1.38 bits per heavy atom. The Bertz CT molecular complexity index is 925. The van der Waals surface area contributed by atoms with Crippen LogP contribution in [0.1, 0.15) is 31.7 Å². The Hall–Kier alpha value is -2.38. The summed E-state index contributed by atoms with van der Waals surface area (Å²) in [5.74, 6) is -0.436. The van der Waals surface area contributed by atoms with Gasteiger partial charge in [0.25, 0.3) is 5.56 Å². The van der Waals surface area contributed by atoms with Crippen LogP contribution < -0.4 is 11.2 Å². The van der Waals surface area contributed by atoms with Gasteiger partial charge < -0.3 is 9.84 Å². The topological polar surface area (TPSA) is 96.7 Å². The van der Waals surface area contributed by atoms with Crippen molar-refractivity contribution in [2.24, 2.45) is 4.99 Å². The quantitative estimate of drug-likeness (QED) is 0.781. The molecule has 1 atom stereocenters. The summed E-state index contributed by atoms with van der Waals surface area (Å²) in [5, 5.41) is 11.2. The zero-order chi connectivity index (χ0) is 18.7. The van der Waals surface area contributed by atoms with Crippen molar-refractivity contribution >= 4 is 17.3 Å². The van der Waals surface area contributed by atoms with Crippen LogP contribution in [0.15, 0.2) is 38.8 Å². The SMILES string of the molecule is CCC(=NC[C@H]1CCCO1)c1c(O)n(-c2ccc(Cl)cc2)c(=O)[nH]c1=O. The van der Waals surface area contributed by atoms with E-state index in [2.05, 4.69) is 9.98 Å². The first-order valence-corrected chi connectivity index (χ1v) is 8.88. The molecule has 26 heavy (non-hydrogen) atoms. The summed E-state index contributed by atoms with van der Waals surface area (Å²) < 4.78 is 6.58. The van der Waals surface area contributed by atoms with Gasteiger partial charge in [0.15, 0.2) is 0 Å². The summed E-state index contributed by atoms with van der Waals surface area (Å²) in [7, 11) is 0. The Morgan fingerprint density at radius 3 is 2.73 bits per heavy atom. The second-order valence-electron chi connectivity index (χ2n) is 6.05. The number of benzene rings is 1. The number of nitrogens with one attached hydrogen (secondary N) is 1. The zero-order valence-electron chi connectivity index (χ0n) is 14.4. The maximum Gasteiger partial charge on any atom is 0.335 e. The van der Waals surface area contributed by atoms with Crippen molar-refractivity contribution in [3.05, 3.63) is 55.7 Å². The number of rotatable bonds is 5. The average Bonchev–Trinajstić information content (AvgIpc) is 3.12. The molecule has 0 saturated carbocycles. The van der Waals surface area contributed by atoms with Gasteiger partial charge in [0.2, 0.25) is 5.88 Å². The van der Waals surface area contributed by atoms with E-state index in [1.54, 1.807) is 24.3 Å². The predicted octanol–water partition coefficient (Wildman–Crippen LogP) is 2.26. The minimum atomic E-state index is -0.729. The number of aliphatic imine (C=N–C) groups is 1. The normalized spacial score (nSPS) is 17.6. The molecule has 0 radical (unpaired) electrons. The van der Waals surface area contributed by atoms with E-state index >= 15 is 0 Å². The second-order valence-corrected chi connectivity index (χ2v) is 6.48. The summed E-state index contributed by atoms with van der Waals surface area (Å²) >= 11 is 5.87. The number of ether oxygens (including phenoxy) is 1. The molecule has 2 N–H and O–H groups in total. The van der Waals surface area contributed by atoms with E-state index in [4.69, 9.17) is 16.3 Å². The van der Waals surface area contributed by atoms with Gasteiger partial charge in [-0.3, -0.25) is 14.8 Å². The number of halogens is 1. The Balaban J connectivity index is 2.07. The molecule has 1 aromatic carbocycles. The molecule has 3 rings (SSSR count). The molecule has 7 nitrogen and oxygen atoms in total. The number of aromatic hydroxyl groups is 1. The van der Waals surface area contributed by atoms with Crippen LogP contribution >= 0.6 is 11.6 Å². The third-order valence-corrected chi connectivity index (χ3v) is 4.56. The van der Waals surface area contributed by atoms with E-state index in [-0.39, 0.29) is 11.7 Å². The van der Waals surface area contributed by atoms with Crippen molar-refractivity contribution in [1.29, 1.82) is 0 Å². The van der Waals surface area contributed by atoms with Gasteiger partial charge >= 0.3 is 5.69 Å². The van der Waals surface area contributed by atoms with Crippen molar-refractivity contribution in [3.63, 3.8) is 0 Å². The van der Waals surface area contributed by atoms with E-state index < -0.39 is 17.1 Å². The van der Waals surface area contributed by atoms with Gasteiger partial charge in [-0.25, -0.2) is 9.36 Å². The molecule has 138 valence electrons. The average molecular weight is 378 g/mol. The Kier molecular flexibility index (Phi) is 5.58. The number of aromatic amines is 1. The summed E-state index contributed by atoms with van der Waals surface area (Å²) in [6.07, 6.45) is 2.38. The molecule has 0 spiro atoms. The van der Waals surface area contributed by atoms with Crippen LogP contribution in [-0.4, -0.2) is 39.6 Å². The predicted molar refractivity (Wildman–Crippen MR) is 100 cm³/mol. The number of hydrogen-bond donors (Lipinski definition) is 2. The van der Waals surface area contributed by atoms with Crippen molar-refractivity contribution < 1.29 is 9.84 Å². The van der Waals surface area contributed by atoms with Gasteiger partial charge in [0.1, 0.15) is 5.56 Å². The molecule has 0 amide bonds. The molecule has 1 saturated heterocycles. The number of nitrogens with zero attached hydrogens (tertiary/aromatic N) is 2. The third-order valence-electron chi connectivity index (χ3n) is 4.30. The Labute approximate surface area is 154 Å². The first-order chi connectivity index (χ1) is 12.5. The van der Waals surface area contributed by atoms with E-state index in [1.807, 2.05) is 6.92 Å². The smallest absolute Gasteiger partial charge is 0.335 e. The molecule has 8 heteroatoms. The van der Waals surface area contributed by atoms with Crippen LogP contribution in [-0.2, 0) is 4.74 Å². The van der Waals surface area contributed by atoms with Crippen LogP contribution in [0.4, 0.5) is 0 Å². The summed E-state index contributed by atoms with van der Waals surface area (Å²) in [4.78, 5) is 31.3. The maximum atomic E-state index is 12.3. The number of hydrogen-bond acceptors (Lipinski definition) is 5. The highest BCUT2D eigenvalue weighted by Gasteiger charge is 2.21. The van der Waals surface area contributed by atoms with Gasteiger partial charge in [-0.05, 0) is 43.5 Å². The first-order valence-electron chi connectivity index (χ1n) is 8.50. The maximum absolute atomic E-state index is 12.3. The van der Waals surface area contributed by atoms with Gasteiger partial charge in [0.05, 0.1) is 24.0 Å². The molecule has 0 bridgehead atoms. The lowest BCUT2D eigenvalue weighted by Gasteiger charge is -2.13. The van der Waals surface area contributed by atoms with E-state index in [0.29, 0.717) is 29.4 Å². The largest absolute Gasteiger partial charge is 0.493 e. The molecule has 2 heterocycles. The van der Waals surface area contributed by atoms with Crippen molar-refractivity contribution in [1.82, 2.24) is 9.55 Å². The van der Waals surface area contributed by atoms with Crippen molar-refractivity contribution in [2.75, 3.05) is 13.2 Å². The van der Waals surface area contributed by atoms with E-state index in [9.17, 15) is 14.7 Å². The first kappa shape index (κ1) is 18.4. The molecule has 1 fully saturated rings. The van der Waals surface area contributed by atoms with Gasteiger partial charge in [-0.15, -0.1) is 0 Å². The number of H-pyrrole nitrogens is 1. The van der Waals surface area contributed by atoms with Gasteiger partial charge in [0, 0.05) is 11.6 Å². The minimum Gasteiger partial charge on any atom is -0.493 e.